The maximum atomic E-state index is 11.4. The Morgan fingerprint density at radius 3 is 2.44 bits per heavy atom. The van der Waals surface area contributed by atoms with Gasteiger partial charge in [-0.05, 0) is 32.0 Å². The Balaban J connectivity index is 2.53. The third-order valence-electron chi connectivity index (χ3n) is 2.90. The molecule has 0 heterocycles. The number of rotatable bonds is 6. The summed E-state index contributed by atoms with van der Waals surface area (Å²) in [5, 5.41) is 2.91. The summed E-state index contributed by atoms with van der Waals surface area (Å²) in [6.45, 7) is 4.50. The van der Waals surface area contributed by atoms with Crippen LogP contribution in [0.5, 0.6) is 5.75 Å². The highest BCUT2D eigenvalue weighted by molar-refractivity contribution is 5.75. The van der Waals surface area contributed by atoms with Crippen molar-refractivity contribution in [2.45, 2.75) is 26.3 Å². The molecule has 0 radical (unpaired) electrons. The SMILES string of the molecule is CNC(CCOc1c(C)cccc1C)C(=O)OC. The molecule has 0 bridgehead atoms. The van der Waals surface area contributed by atoms with Gasteiger partial charge >= 0.3 is 5.97 Å². The van der Waals surface area contributed by atoms with E-state index in [0.29, 0.717) is 13.0 Å². The minimum absolute atomic E-state index is 0.261. The Bertz CT molecular complexity index is 384. The molecule has 1 unspecified atom stereocenters. The van der Waals surface area contributed by atoms with Crippen molar-refractivity contribution >= 4 is 5.97 Å². The number of carbonyl (C=O) groups is 1. The van der Waals surface area contributed by atoms with Crippen LogP contribution in [0.25, 0.3) is 0 Å². The van der Waals surface area contributed by atoms with Gasteiger partial charge in [0.15, 0.2) is 0 Å². The number of para-hydroxylation sites is 1. The average Bonchev–Trinajstić information content (AvgIpc) is 2.37. The van der Waals surface area contributed by atoms with Gasteiger partial charge in [-0.3, -0.25) is 4.79 Å². The van der Waals surface area contributed by atoms with Gasteiger partial charge in [0.2, 0.25) is 0 Å². The first-order valence-corrected chi connectivity index (χ1v) is 6.04. The largest absolute Gasteiger partial charge is 0.493 e. The van der Waals surface area contributed by atoms with Gasteiger partial charge in [-0.2, -0.15) is 0 Å². The van der Waals surface area contributed by atoms with Gasteiger partial charge in [-0.25, -0.2) is 0 Å². The van der Waals surface area contributed by atoms with E-state index in [1.807, 2.05) is 32.0 Å². The van der Waals surface area contributed by atoms with E-state index in [4.69, 9.17) is 9.47 Å². The van der Waals surface area contributed by atoms with Gasteiger partial charge in [-0.15, -0.1) is 0 Å². The lowest BCUT2D eigenvalue weighted by molar-refractivity contribution is -0.143. The smallest absolute Gasteiger partial charge is 0.322 e. The Hall–Kier alpha value is -1.55. The predicted molar refractivity (Wildman–Crippen MR) is 70.9 cm³/mol. The number of methoxy groups -OCH3 is 1. The zero-order valence-corrected chi connectivity index (χ0v) is 11.4. The second kappa shape index (κ2) is 7.01. The molecule has 100 valence electrons. The lowest BCUT2D eigenvalue weighted by atomic mass is 10.1. The van der Waals surface area contributed by atoms with Crippen molar-refractivity contribution in [3.05, 3.63) is 29.3 Å². The van der Waals surface area contributed by atoms with Crippen LogP contribution in [-0.4, -0.2) is 32.8 Å². The zero-order chi connectivity index (χ0) is 13.5. The van der Waals surface area contributed by atoms with E-state index in [1.165, 1.54) is 7.11 Å². The van der Waals surface area contributed by atoms with Crippen molar-refractivity contribution in [1.82, 2.24) is 5.32 Å². The highest BCUT2D eigenvalue weighted by Crippen LogP contribution is 2.22. The number of nitrogens with one attached hydrogen (secondary N) is 1. The molecule has 4 nitrogen and oxygen atoms in total. The molecule has 0 aliphatic heterocycles. The molecular formula is C14H21NO3. The fourth-order valence-electron chi connectivity index (χ4n) is 1.83. The molecule has 0 aromatic heterocycles. The highest BCUT2D eigenvalue weighted by Gasteiger charge is 2.16. The van der Waals surface area contributed by atoms with Gasteiger partial charge in [0.25, 0.3) is 0 Å². The van der Waals surface area contributed by atoms with Crippen molar-refractivity contribution in [1.29, 1.82) is 0 Å². The number of ether oxygens (including phenoxy) is 2. The Kier molecular flexibility index (Phi) is 5.65. The van der Waals surface area contributed by atoms with Gasteiger partial charge in [-0.1, -0.05) is 18.2 Å². The molecule has 18 heavy (non-hydrogen) atoms. The third kappa shape index (κ3) is 3.74. The number of hydrogen-bond acceptors (Lipinski definition) is 4. The second-order valence-corrected chi connectivity index (χ2v) is 4.22. The molecule has 0 spiro atoms. The Morgan fingerprint density at radius 2 is 1.94 bits per heavy atom. The van der Waals surface area contributed by atoms with E-state index in [9.17, 15) is 4.79 Å². The van der Waals surface area contributed by atoms with Crippen LogP contribution in [0.3, 0.4) is 0 Å². The zero-order valence-electron chi connectivity index (χ0n) is 11.4. The van der Waals surface area contributed by atoms with Crippen LogP contribution in [0, 0.1) is 13.8 Å². The molecule has 0 amide bonds. The fraction of sp³-hybridized carbons (Fsp3) is 0.500. The summed E-state index contributed by atoms with van der Waals surface area (Å²) in [6.07, 6.45) is 0.580. The van der Waals surface area contributed by atoms with E-state index in [-0.39, 0.29) is 12.0 Å². The first-order chi connectivity index (χ1) is 8.60. The van der Waals surface area contributed by atoms with Crippen LogP contribution in [-0.2, 0) is 9.53 Å². The summed E-state index contributed by atoms with van der Waals surface area (Å²) in [5.41, 5.74) is 2.21. The van der Waals surface area contributed by atoms with Crippen LogP contribution < -0.4 is 10.1 Å². The maximum Gasteiger partial charge on any atom is 0.322 e. The molecule has 0 aliphatic carbocycles. The van der Waals surface area contributed by atoms with Crippen LogP contribution >= 0.6 is 0 Å². The average molecular weight is 251 g/mol. The van der Waals surface area contributed by atoms with Crippen molar-refractivity contribution in [3.8, 4) is 5.75 Å². The van der Waals surface area contributed by atoms with E-state index in [2.05, 4.69) is 5.32 Å². The lowest BCUT2D eigenvalue weighted by Gasteiger charge is -2.16. The summed E-state index contributed by atoms with van der Waals surface area (Å²) in [7, 11) is 3.12. The molecule has 1 aromatic carbocycles. The summed E-state index contributed by atoms with van der Waals surface area (Å²) >= 11 is 0. The Morgan fingerprint density at radius 1 is 1.33 bits per heavy atom. The topological polar surface area (TPSA) is 47.6 Å². The molecule has 0 saturated carbocycles. The maximum absolute atomic E-state index is 11.4. The molecule has 1 aromatic rings. The molecule has 1 rings (SSSR count). The van der Waals surface area contributed by atoms with Gasteiger partial charge in [0.1, 0.15) is 11.8 Å². The highest BCUT2D eigenvalue weighted by atomic mass is 16.5. The Labute approximate surface area is 108 Å². The van der Waals surface area contributed by atoms with Gasteiger partial charge in [0, 0.05) is 6.42 Å². The number of esters is 1. The standard InChI is InChI=1S/C14H21NO3/c1-10-6-5-7-11(2)13(10)18-9-8-12(15-3)14(16)17-4/h5-7,12,15H,8-9H2,1-4H3. The van der Waals surface area contributed by atoms with Crippen molar-refractivity contribution in [3.63, 3.8) is 0 Å². The molecule has 0 saturated heterocycles. The fourth-order valence-corrected chi connectivity index (χ4v) is 1.83. The molecule has 0 fully saturated rings. The quantitative estimate of drug-likeness (QED) is 0.784. The molecule has 4 heteroatoms. The van der Waals surface area contributed by atoms with Crippen LogP contribution in [0.2, 0.25) is 0 Å². The first kappa shape index (κ1) is 14.5. The minimum atomic E-state index is -0.320. The number of benzene rings is 1. The van der Waals surface area contributed by atoms with Crippen LogP contribution in [0.15, 0.2) is 18.2 Å². The second-order valence-electron chi connectivity index (χ2n) is 4.22. The number of likely N-dealkylation sites (N-methyl/N-ethyl adjacent to an activating group) is 1. The molecule has 1 N–H and O–H groups in total. The summed E-state index contributed by atoms with van der Waals surface area (Å²) in [6, 6.07) is 5.71. The number of carbonyl (C=O) groups excluding carboxylic acids is 1. The summed E-state index contributed by atoms with van der Waals surface area (Å²) in [5.74, 6) is 0.639. The van der Waals surface area contributed by atoms with Crippen molar-refractivity contribution in [2.24, 2.45) is 0 Å². The van der Waals surface area contributed by atoms with E-state index in [0.717, 1.165) is 16.9 Å². The predicted octanol–water partition coefficient (Wildman–Crippen LogP) is 1.83. The normalized spacial score (nSPS) is 12.0. The van der Waals surface area contributed by atoms with E-state index in [1.54, 1.807) is 7.05 Å². The molecule has 1 atom stereocenters. The third-order valence-corrected chi connectivity index (χ3v) is 2.90. The molecular weight excluding hydrogens is 230 g/mol. The number of aryl methyl sites for hydroxylation is 2. The van der Waals surface area contributed by atoms with Gasteiger partial charge < -0.3 is 14.8 Å². The lowest BCUT2D eigenvalue weighted by Crippen LogP contribution is -2.36. The first-order valence-electron chi connectivity index (χ1n) is 6.04. The summed E-state index contributed by atoms with van der Waals surface area (Å²) in [4.78, 5) is 11.4. The minimum Gasteiger partial charge on any atom is -0.493 e. The number of hydrogen-bond donors (Lipinski definition) is 1. The van der Waals surface area contributed by atoms with E-state index < -0.39 is 0 Å². The van der Waals surface area contributed by atoms with Gasteiger partial charge in [0.05, 0.1) is 13.7 Å². The monoisotopic (exact) mass is 251 g/mol. The van der Waals surface area contributed by atoms with Crippen molar-refractivity contribution < 1.29 is 14.3 Å². The summed E-state index contributed by atoms with van der Waals surface area (Å²) < 4.78 is 10.4. The van der Waals surface area contributed by atoms with E-state index >= 15 is 0 Å². The van der Waals surface area contributed by atoms with Crippen LogP contribution in [0.4, 0.5) is 0 Å². The van der Waals surface area contributed by atoms with Crippen molar-refractivity contribution in [2.75, 3.05) is 20.8 Å². The van der Waals surface area contributed by atoms with Crippen LogP contribution in [0.1, 0.15) is 17.5 Å². The molecule has 0 aliphatic rings.